The number of nitrogens with zero attached hydrogens (tertiary/aromatic N) is 5. The highest BCUT2D eigenvalue weighted by Crippen LogP contribution is 2.30. The van der Waals surface area contributed by atoms with Crippen molar-refractivity contribution in [2.75, 3.05) is 26.3 Å². The average molecular weight is 472 g/mol. The topological polar surface area (TPSA) is 93.4 Å². The minimum Gasteiger partial charge on any atom is -0.386 e. The number of amides is 1. The van der Waals surface area contributed by atoms with Crippen molar-refractivity contribution in [3.8, 4) is 22.6 Å². The molecule has 4 aromatic rings. The van der Waals surface area contributed by atoms with E-state index in [0.717, 1.165) is 39.1 Å². The molecule has 0 bridgehead atoms. The lowest BCUT2D eigenvalue weighted by atomic mass is 9.98. The summed E-state index contributed by atoms with van der Waals surface area (Å²) in [4.78, 5) is 24.0. The number of rotatable bonds is 5. The fraction of sp³-hybridized carbons (Fsp3) is 0.333. The van der Waals surface area contributed by atoms with Gasteiger partial charge in [0.15, 0.2) is 0 Å². The molecule has 0 spiro atoms. The molecular formula is C27H29N5O3. The molecule has 1 aliphatic heterocycles. The van der Waals surface area contributed by atoms with Crippen LogP contribution in [0.15, 0.2) is 54.9 Å². The Hall–Kier alpha value is -3.62. The number of aryl methyl sites for hydroxylation is 1. The summed E-state index contributed by atoms with van der Waals surface area (Å²) < 4.78 is 7.31. The van der Waals surface area contributed by atoms with E-state index < -0.39 is 5.60 Å². The maximum absolute atomic E-state index is 13.1. The van der Waals surface area contributed by atoms with E-state index in [4.69, 9.17) is 9.84 Å². The van der Waals surface area contributed by atoms with Gasteiger partial charge in [0.1, 0.15) is 5.69 Å². The molecule has 1 aliphatic rings. The molecule has 1 fully saturated rings. The lowest BCUT2D eigenvalue weighted by molar-refractivity contribution is 0.0303. The van der Waals surface area contributed by atoms with Crippen LogP contribution in [0.3, 0.4) is 0 Å². The van der Waals surface area contributed by atoms with Crippen LogP contribution >= 0.6 is 0 Å². The SMILES string of the molecule is CCn1nc(-c2ccc(-c3cc(C(C)(C)O)ccn3)cn2)c2cc(C(=O)N3CCOCC3)ccc21. The van der Waals surface area contributed by atoms with Crippen LogP contribution in [-0.2, 0) is 16.9 Å². The smallest absolute Gasteiger partial charge is 0.254 e. The monoisotopic (exact) mass is 471 g/mol. The van der Waals surface area contributed by atoms with Gasteiger partial charge in [0.05, 0.1) is 35.7 Å². The van der Waals surface area contributed by atoms with Crippen LogP contribution in [-0.4, -0.2) is 62.0 Å². The second-order valence-corrected chi connectivity index (χ2v) is 9.22. The Kier molecular flexibility index (Phi) is 6.08. The zero-order valence-corrected chi connectivity index (χ0v) is 20.2. The quantitative estimate of drug-likeness (QED) is 0.475. The number of hydrogen-bond acceptors (Lipinski definition) is 6. The van der Waals surface area contributed by atoms with Gasteiger partial charge in [-0.15, -0.1) is 0 Å². The second-order valence-electron chi connectivity index (χ2n) is 9.22. The highest BCUT2D eigenvalue weighted by molar-refractivity contribution is 6.01. The molecule has 180 valence electrons. The summed E-state index contributed by atoms with van der Waals surface area (Å²) in [6.07, 6.45) is 3.46. The van der Waals surface area contributed by atoms with E-state index in [1.165, 1.54) is 0 Å². The van der Waals surface area contributed by atoms with E-state index in [-0.39, 0.29) is 5.91 Å². The summed E-state index contributed by atoms with van der Waals surface area (Å²) in [6, 6.07) is 13.3. The summed E-state index contributed by atoms with van der Waals surface area (Å²) in [5.41, 5.74) is 4.49. The Labute approximate surface area is 204 Å². The highest BCUT2D eigenvalue weighted by Gasteiger charge is 2.21. The molecule has 0 aliphatic carbocycles. The number of hydrogen-bond donors (Lipinski definition) is 1. The number of aliphatic hydroxyl groups is 1. The Morgan fingerprint density at radius 3 is 2.54 bits per heavy atom. The summed E-state index contributed by atoms with van der Waals surface area (Å²) in [5.74, 6) is 0.00599. The van der Waals surface area contributed by atoms with Crippen molar-refractivity contribution in [3.63, 3.8) is 0 Å². The summed E-state index contributed by atoms with van der Waals surface area (Å²) >= 11 is 0. The highest BCUT2D eigenvalue weighted by atomic mass is 16.5. The number of pyridine rings is 2. The minimum atomic E-state index is -0.951. The van der Waals surface area contributed by atoms with Gasteiger partial charge in [0, 0.05) is 48.5 Å². The first-order chi connectivity index (χ1) is 16.8. The summed E-state index contributed by atoms with van der Waals surface area (Å²) in [5, 5.41) is 16.0. The molecule has 1 N–H and O–H groups in total. The minimum absolute atomic E-state index is 0.00599. The number of fused-ring (bicyclic) bond motifs is 1. The number of aromatic nitrogens is 4. The number of morpholine rings is 1. The van der Waals surface area contributed by atoms with Gasteiger partial charge in [-0.1, -0.05) is 0 Å². The molecule has 1 amide bonds. The number of benzene rings is 1. The van der Waals surface area contributed by atoms with Gasteiger partial charge < -0.3 is 14.7 Å². The van der Waals surface area contributed by atoms with Crippen LogP contribution in [0.25, 0.3) is 33.5 Å². The van der Waals surface area contributed by atoms with Crippen molar-refractivity contribution < 1.29 is 14.6 Å². The molecule has 1 aromatic carbocycles. The van der Waals surface area contributed by atoms with E-state index in [0.29, 0.717) is 38.4 Å². The standard InChI is InChI=1S/C27H29N5O3/c1-4-32-24-8-6-18(26(33)31-11-13-35-14-12-31)15-21(24)25(30-32)22-7-5-19(17-29-22)23-16-20(9-10-28-23)27(2,3)34/h5-10,15-17,34H,4,11-14H2,1-3H3. The van der Waals surface area contributed by atoms with E-state index in [2.05, 4.69) is 9.97 Å². The molecule has 3 aromatic heterocycles. The first-order valence-electron chi connectivity index (χ1n) is 11.9. The Balaban J connectivity index is 1.51. The number of carbonyl (C=O) groups excluding carboxylic acids is 1. The Morgan fingerprint density at radius 2 is 1.86 bits per heavy atom. The third kappa shape index (κ3) is 4.54. The van der Waals surface area contributed by atoms with Gasteiger partial charge in [0.25, 0.3) is 5.91 Å². The zero-order chi connectivity index (χ0) is 24.6. The molecular weight excluding hydrogens is 442 g/mol. The summed E-state index contributed by atoms with van der Waals surface area (Å²) in [6.45, 7) is 8.59. The maximum atomic E-state index is 13.1. The lowest BCUT2D eigenvalue weighted by Crippen LogP contribution is -2.40. The van der Waals surface area contributed by atoms with Crippen LogP contribution in [0.5, 0.6) is 0 Å². The normalized spacial score (nSPS) is 14.5. The molecule has 4 heterocycles. The zero-order valence-electron chi connectivity index (χ0n) is 20.2. The average Bonchev–Trinajstić information content (AvgIpc) is 3.26. The van der Waals surface area contributed by atoms with Gasteiger partial charge in [-0.05, 0) is 68.8 Å². The predicted molar refractivity (Wildman–Crippen MR) is 134 cm³/mol. The van der Waals surface area contributed by atoms with Gasteiger partial charge >= 0.3 is 0 Å². The van der Waals surface area contributed by atoms with Crippen LogP contribution in [0.1, 0.15) is 36.7 Å². The van der Waals surface area contributed by atoms with Crippen molar-refractivity contribution in [2.45, 2.75) is 32.9 Å². The largest absolute Gasteiger partial charge is 0.386 e. The third-order valence-electron chi connectivity index (χ3n) is 6.36. The van der Waals surface area contributed by atoms with E-state index in [1.54, 1.807) is 26.2 Å². The third-order valence-corrected chi connectivity index (χ3v) is 6.36. The molecule has 8 nitrogen and oxygen atoms in total. The fourth-order valence-corrected chi connectivity index (χ4v) is 4.35. The van der Waals surface area contributed by atoms with Gasteiger partial charge in [-0.25, -0.2) is 0 Å². The van der Waals surface area contributed by atoms with Crippen molar-refractivity contribution >= 4 is 16.8 Å². The molecule has 1 saturated heterocycles. The van der Waals surface area contributed by atoms with Crippen LogP contribution in [0, 0.1) is 0 Å². The summed E-state index contributed by atoms with van der Waals surface area (Å²) in [7, 11) is 0. The van der Waals surface area contributed by atoms with Gasteiger partial charge in [0.2, 0.25) is 0 Å². The van der Waals surface area contributed by atoms with Crippen LogP contribution in [0.2, 0.25) is 0 Å². The molecule has 0 saturated carbocycles. The molecule has 5 rings (SSSR count). The molecule has 0 atom stereocenters. The second kappa shape index (κ2) is 9.20. The van der Waals surface area contributed by atoms with E-state index >= 15 is 0 Å². The molecule has 35 heavy (non-hydrogen) atoms. The fourth-order valence-electron chi connectivity index (χ4n) is 4.35. The number of ether oxygens (including phenoxy) is 1. The van der Waals surface area contributed by atoms with Crippen molar-refractivity contribution in [3.05, 3.63) is 66.0 Å². The van der Waals surface area contributed by atoms with Crippen molar-refractivity contribution in [2.24, 2.45) is 0 Å². The van der Waals surface area contributed by atoms with E-state index in [9.17, 15) is 9.90 Å². The first kappa shape index (κ1) is 23.1. The van der Waals surface area contributed by atoms with Crippen LogP contribution in [0.4, 0.5) is 0 Å². The molecule has 0 radical (unpaired) electrons. The Bertz CT molecular complexity index is 1370. The molecule has 0 unspecified atom stereocenters. The maximum Gasteiger partial charge on any atom is 0.254 e. The van der Waals surface area contributed by atoms with E-state index in [1.807, 2.05) is 59.0 Å². The first-order valence-corrected chi connectivity index (χ1v) is 11.9. The Morgan fingerprint density at radius 1 is 1.06 bits per heavy atom. The molecule has 8 heteroatoms. The van der Waals surface area contributed by atoms with Crippen molar-refractivity contribution in [1.29, 1.82) is 0 Å². The van der Waals surface area contributed by atoms with Gasteiger partial charge in [-0.3, -0.25) is 19.4 Å². The number of carbonyl (C=O) groups is 1. The van der Waals surface area contributed by atoms with Gasteiger partial charge in [-0.2, -0.15) is 5.10 Å². The van der Waals surface area contributed by atoms with Crippen LogP contribution < -0.4 is 0 Å². The lowest BCUT2D eigenvalue weighted by Gasteiger charge is -2.26. The predicted octanol–water partition coefficient (Wildman–Crippen LogP) is 3.88. The van der Waals surface area contributed by atoms with Crippen molar-refractivity contribution in [1.82, 2.24) is 24.6 Å².